The van der Waals surface area contributed by atoms with Gasteiger partial charge in [0, 0.05) is 32.8 Å². The molecular weight excluding hydrogens is 396 g/mol. The average molecular weight is 414 g/mol. The van der Waals surface area contributed by atoms with Crippen molar-refractivity contribution in [2.24, 2.45) is 5.73 Å². The largest absolute Gasteiger partial charge is 0.366 e. The monoisotopic (exact) mass is 414 g/mol. The molecule has 1 heterocycles. The van der Waals surface area contributed by atoms with Crippen LogP contribution in [0.25, 0.3) is 11.3 Å². The Hall–Kier alpha value is -3.84. The molecule has 0 radical (unpaired) electrons. The van der Waals surface area contributed by atoms with Crippen molar-refractivity contribution >= 4 is 28.3 Å². The molecule has 30 heavy (non-hydrogen) atoms. The first-order valence-electron chi connectivity index (χ1n) is 9.17. The number of benzene rings is 3. The van der Waals surface area contributed by atoms with Crippen molar-refractivity contribution in [1.29, 1.82) is 0 Å². The second-order valence-electron chi connectivity index (χ2n) is 6.44. The van der Waals surface area contributed by atoms with Crippen molar-refractivity contribution in [1.82, 2.24) is 9.97 Å². The summed E-state index contributed by atoms with van der Waals surface area (Å²) >= 11 is 0. The quantitative estimate of drug-likeness (QED) is 0.494. The lowest BCUT2D eigenvalue weighted by Gasteiger charge is -2.08. The zero-order chi connectivity index (χ0) is 20.9. The number of anilines is 2. The van der Waals surface area contributed by atoms with Crippen LogP contribution in [0.2, 0.25) is 0 Å². The number of rotatable bonds is 6. The molecule has 1 aromatic heterocycles. The maximum atomic E-state index is 12.7. The minimum atomic E-state index is -1.23. The van der Waals surface area contributed by atoms with E-state index in [0.717, 1.165) is 26.7 Å². The Bertz CT molecular complexity index is 1190. The molecule has 4 rings (SSSR count). The van der Waals surface area contributed by atoms with Crippen molar-refractivity contribution in [3.63, 3.8) is 0 Å². The molecule has 0 bridgehead atoms. The van der Waals surface area contributed by atoms with Crippen LogP contribution in [-0.2, 0) is 10.8 Å². The van der Waals surface area contributed by atoms with Gasteiger partial charge in [0.05, 0.1) is 16.5 Å². The maximum Gasteiger partial charge on any atom is 0.248 e. The summed E-state index contributed by atoms with van der Waals surface area (Å²) in [5.74, 6) is -0.0484. The lowest BCUT2D eigenvalue weighted by molar-refractivity contribution is 0.100. The fraction of sp³-hybridized carbons (Fsp3) is 0. The molecule has 4 aromatic rings. The maximum absolute atomic E-state index is 12.7. The summed E-state index contributed by atoms with van der Waals surface area (Å²) in [4.78, 5) is 21.4. The highest BCUT2D eigenvalue weighted by atomic mass is 32.2. The molecule has 0 saturated carbocycles. The summed E-state index contributed by atoms with van der Waals surface area (Å²) in [7, 11) is -1.23. The molecule has 3 N–H and O–H groups in total. The van der Waals surface area contributed by atoms with Crippen LogP contribution in [0.1, 0.15) is 10.4 Å². The van der Waals surface area contributed by atoms with E-state index in [-0.39, 0.29) is 0 Å². The molecule has 1 atom stereocenters. The van der Waals surface area contributed by atoms with Gasteiger partial charge in [0.1, 0.15) is 0 Å². The number of amides is 1. The number of primary amides is 1. The van der Waals surface area contributed by atoms with Crippen molar-refractivity contribution in [2.45, 2.75) is 9.79 Å². The summed E-state index contributed by atoms with van der Waals surface area (Å²) in [6.07, 6.45) is 1.67. The van der Waals surface area contributed by atoms with Crippen molar-refractivity contribution in [3.05, 3.63) is 96.7 Å². The van der Waals surface area contributed by atoms with Crippen LogP contribution < -0.4 is 11.1 Å². The number of carbonyl (C=O) groups is 1. The first-order valence-corrected chi connectivity index (χ1v) is 10.3. The second-order valence-corrected chi connectivity index (χ2v) is 7.92. The van der Waals surface area contributed by atoms with Gasteiger partial charge in [-0.2, -0.15) is 0 Å². The highest BCUT2D eigenvalue weighted by Gasteiger charge is 2.08. The molecule has 0 aliphatic carbocycles. The number of carbonyl (C=O) groups excluding carboxylic acids is 1. The van der Waals surface area contributed by atoms with Crippen LogP contribution in [0.3, 0.4) is 0 Å². The van der Waals surface area contributed by atoms with Crippen LogP contribution >= 0.6 is 0 Å². The molecule has 0 aliphatic rings. The molecule has 148 valence electrons. The van der Waals surface area contributed by atoms with Crippen LogP contribution in [-0.4, -0.2) is 20.1 Å². The van der Waals surface area contributed by atoms with Crippen LogP contribution in [0.4, 0.5) is 11.6 Å². The Balaban J connectivity index is 1.52. The van der Waals surface area contributed by atoms with E-state index in [2.05, 4.69) is 15.3 Å². The fourth-order valence-corrected chi connectivity index (χ4v) is 3.92. The van der Waals surface area contributed by atoms with E-state index in [0.29, 0.717) is 11.5 Å². The van der Waals surface area contributed by atoms with E-state index in [1.165, 1.54) is 0 Å². The van der Waals surface area contributed by atoms with Gasteiger partial charge in [0.2, 0.25) is 11.9 Å². The van der Waals surface area contributed by atoms with Gasteiger partial charge in [-0.3, -0.25) is 4.79 Å². The molecular formula is C23H18N4O2S. The molecule has 0 aliphatic heterocycles. The topological polar surface area (TPSA) is 98.0 Å². The van der Waals surface area contributed by atoms with Crippen molar-refractivity contribution < 1.29 is 9.00 Å². The Morgan fingerprint density at radius 1 is 0.833 bits per heavy atom. The first-order chi connectivity index (χ1) is 14.6. The highest BCUT2D eigenvalue weighted by molar-refractivity contribution is 7.85. The van der Waals surface area contributed by atoms with Crippen molar-refractivity contribution in [3.8, 4) is 11.3 Å². The Morgan fingerprint density at radius 2 is 1.50 bits per heavy atom. The standard InChI is InChI=1S/C23H18N4O2S/c24-22(28)17-6-10-18(11-7-17)26-23-25-15-14-21(27-23)16-8-12-20(13-9-16)30(29)19-4-2-1-3-5-19/h1-15H,(H2,24,28)(H,25,26,27). The molecule has 1 amide bonds. The molecule has 7 heteroatoms. The average Bonchev–Trinajstić information content (AvgIpc) is 2.80. The number of nitrogens with one attached hydrogen (secondary N) is 1. The first kappa shape index (κ1) is 19.5. The Morgan fingerprint density at radius 3 is 2.17 bits per heavy atom. The van der Waals surface area contributed by atoms with Gasteiger partial charge < -0.3 is 11.1 Å². The molecule has 6 nitrogen and oxygen atoms in total. The SMILES string of the molecule is NC(=O)c1ccc(Nc2nccc(-c3ccc(S(=O)c4ccccc4)cc3)n2)cc1. The zero-order valence-corrected chi connectivity index (χ0v) is 16.7. The predicted molar refractivity (Wildman–Crippen MR) is 117 cm³/mol. The van der Waals surface area contributed by atoms with Gasteiger partial charge in [-0.25, -0.2) is 14.2 Å². The van der Waals surface area contributed by atoms with Gasteiger partial charge in [-0.15, -0.1) is 0 Å². The number of nitrogens with two attached hydrogens (primary N) is 1. The van der Waals surface area contributed by atoms with Crippen LogP contribution in [0.15, 0.2) is 101 Å². The molecule has 0 saturated heterocycles. The smallest absolute Gasteiger partial charge is 0.248 e. The second kappa shape index (κ2) is 8.67. The van der Waals surface area contributed by atoms with Gasteiger partial charge in [0.15, 0.2) is 0 Å². The number of hydrogen-bond acceptors (Lipinski definition) is 5. The summed E-state index contributed by atoms with van der Waals surface area (Å²) in [5.41, 5.74) is 8.06. The summed E-state index contributed by atoms with van der Waals surface area (Å²) in [6.45, 7) is 0. The Kier molecular flexibility index (Phi) is 5.63. The van der Waals surface area contributed by atoms with Gasteiger partial charge in [0.25, 0.3) is 0 Å². The predicted octanol–water partition coefficient (Wildman–Crippen LogP) is 4.15. The zero-order valence-electron chi connectivity index (χ0n) is 15.9. The third-order valence-corrected chi connectivity index (χ3v) is 5.80. The number of nitrogens with zero attached hydrogens (tertiary/aromatic N) is 2. The minimum absolute atomic E-state index is 0.427. The minimum Gasteiger partial charge on any atom is -0.366 e. The normalized spacial score (nSPS) is 11.6. The third-order valence-electron chi connectivity index (χ3n) is 4.40. The summed E-state index contributed by atoms with van der Waals surface area (Å²) < 4.78 is 12.7. The van der Waals surface area contributed by atoms with E-state index in [4.69, 9.17) is 5.73 Å². The lowest BCUT2D eigenvalue weighted by Crippen LogP contribution is -2.10. The van der Waals surface area contributed by atoms with Gasteiger partial charge in [-0.1, -0.05) is 30.3 Å². The van der Waals surface area contributed by atoms with Gasteiger partial charge in [-0.05, 0) is 54.6 Å². The highest BCUT2D eigenvalue weighted by Crippen LogP contribution is 2.23. The van der Waals surface area contributed by atoms with Crippen LogP contribution in [0.5, 0.6) is 0 Å². The number of hydrogen-bond donors (Lipinski definition) is 2. The molecule has 3 aromatic carbocycles. The van der Waals surface area contributed by atoms with E-state index < -0.39 is 16.7 Å². The van der Waals surface area contributed by atoms with E-state index in [9.17, 15) is 9.00 Å². The van der Waals surface area contributed by atoms with E-state index >= 15 is 0 Å². The van der Waals surface area contributed by atoms with Crippen molar-refractivity contribution in [2.75, 3.05) is 5.32 Å². The van der Waals surface area contributed by atoms with Gasteiger partial charge >= 0.3 is 0 Å². The third kappa shape index (κ3) is 4.42. The lowest BCUT2D eigenvalue weighted by atomic mass is 10.1. The summed E-state index contributed by atoms with van der Waals surface area (Å²) in [5, 5.41) is 3.11. The molecule has 0 fully saturated rings. The van der Waals surface area contributed by atoms with E-state index in [1.807, 2.05) is 60.7 Å². The molecule has 0 spiro atoms. The molecule has 1 unspecified atom stereocenters. The summed E-state index contributed by atoms with van der Waals surface area (Å²) in [6, 6.07) is 25.4. The fourth-order valence-electron chi connectivity index (χ4n) is 2.86. The van der Waals surface area contributed by atoms with Crippen LogP contribution in [0, 0.1) is 0 Å². The Labute approximate surface area is 176 Å². The van der Waals surface area contributed by atoms with E-state index in [1.54, 1.807) is 30.5 Å². The number of aromatic nitrogens is 2.